The number of hydrogen-bond donors (Lipinski definition) is 1. The Morgan fingerprint density at radius 2 is 2.17 bits per heavy atom. The van der Waals surface area contributed by atoms with Gasteiger partial charge in [0.1, 0.15) is 18.1 Å². The van der Waals surface area contributed by atoms with Gasteiger partial charge in [-0.05, 0) is 44.2 Å². The monoisotopic (exact) mass is 457 g/mol. The number of halogens is 1. The summed E-state index contributed by atoms with van der Waals surface area (Å²) in [7, 11) is 0. The van der Waals surface area contributed by atoms with Crippen molar-refractivity contribution in [1.82, 2.24) is 15.1 Å². The molecule has 1 fully saturated rings. The first kappa shape index (κ1) is 19.9. The van der Waals surface area contributed by atoms with Gasteiger partial charge in [-0.15, -0.1) is 0 Å². The Morgan fingerprint density at radius 3 is 2.97 bits per heavy atom. The molecule has 0 radical (unpaired) electrons. The van der Waals surface area contributed by atoms with E-state index in [2.05, 4.69) is 38.1 Å². The minimum absolute atomic E-state index is 0.193. The summed E-state index contributed by atoms with van der Waals surface area (Å²) in [6.07, 6.45) is 1.26. The summed E-state index contributed by atoms with van der Waals surface area (Å²) in [6, 6.07) is 14.2. The molecule has 1 atom stereocenters. The van der Waals surface area contributed by atoms with E-state index in [9.17, 15) is 4.79 Å². The first-order valence-electron chi connectivity index (χ1n) is 9.89. The van der Waals surface area contributed by atoms with Crippen LogP contribution in [0.4, 0.5) is 0 Å². The van der Waals surface area contributed by atoms with Gasteiger partial charge in [-0.2, -0.15) is 5.10 Å². The Kier molecular flexibility index (Phi) is 6.16. The molecule has 0 spiro atoms. The maximum absolute atomic E-state index is 11.9. The molecule has 29 heavy (non-hydrogen) atoms. The number of fused-ring (bicyclic) bond motifs is 1. The number of carbonyl (C=O) groups is 1. The van der Waals surface area contributed by atoms with Crippen molar-refractivity contribution < 1.29 is 14.3 Å². The van der Waals surface area contributed by atoms with Crippen LogP contribution in [0.3, 0.4) is 0 Å². The van der Waals surface area contributed by atoms with Crippen LogP contribution in [0.1, 0.15) is 30.6 Å². The molecular formula is C22H24BrN3O3. The lowest BCUT2D eigenvalue weighted by Gasteiger charge is -2.11. The molecule has 6 nitrogen and oxygen atoms in total. The molecule has 1 aromatic heterocycles. The highest BCUT2D eigenvalue weighted by Gasteiger charge is 2.22. The molecule has 4 rings (SSSR count). The number of rotatable bonds is 7. The summed E-state index contributed by atoms with van der Waals surface area (Å²) in [5.41, 5.74) is 2.82. The molecule has 1 saturated heterocycles. The Bertz CT molecular complexity index is 1010. The number of ether oxygens (including phenoxy) is 2. The number of aromatic nitrogens is 2. The van der Waals surface area contributed by atoms with Crippen LogP contribution in [0.15, 0.2) is 46.9 Å². The Labute approximate surface area is 178 Å². The van der Waals surface area contributed by atoms with Crippen LogP contribution >= 0.6 is 15.9 Å². The highest BCUT2D eigenvalue weighted by molar-refractivity contribution is 9.10. The lowest BCUT2D eigenvalue weighted by atomic mass is 10.1. The van der Waals surface area contributed by atoms with Gasteiger partial charge in [0.05, 0.1) is 24.6 Å². The lowest BCUT2D eigenvalue weighted by Crippen LogP contribution is -2.14. The highest BCUT2D eigenvalue weighted by Crippen LogP contribution is 2.29. The van der Waals surface area contributed by atoms with Crippen LogP contribution in [0.5, 0.6) is 5.75 Å². The van der Waals surface area contributed by atoms with Crippen LogP contribution in [0, 0.1) is 0 Å². The van der Waals surface area contributed by atoms with Crippen molar-refractivity contribution in [3.8, 4) is 5.75 Å². The molecule has 152 valence electrons. The molecular weight excluding hydrogens is 434 g/mol. The van der Waals surface area contributed by atoms with Gasteiger partial charge in [0.15, 0.2) is 0 Å². The van der Waals surface area contributed by atoms with Crippen molar-refractivity contribution in [3.63, 3.8) is 0 Å². The highest BCUT2D eigenvalue weighted by atomic mass is 79.9. The SMILES string of the molecule is CCOC(=O)Cc1ccccc1OCc1nn([C@H]2CCNC2)c2ccc(Br)cc12. The molecule has 2 aromatic carbocycles. The molecule has 0 bridgehead atoms. The fourth-order valence-corrected chi connectivity index (χ4v) is 4.08. The Hall–Kier alpha value is -2.38. The summed E-state index contributed by atoms with van der Waals surface area (Å²) >= 11 is 3.57. The maximum atomic E-state index is 11.9. The van der Waals surface area contributed by atoms with Crippen LogP contribution < -0.4 is 10.1 Å². The molecule has 1 aliphatic rings. The van der Waals surface area contributed by atoms with E-state index in [0.29, 0.717) is 25.0 Å². The van der Waals surface area contributed by atoms with E-state index in [1.165, 1.54) is 0 Å². The molecule has 0 aliphatic carbocycles. The second-order valence-corrected chi connectivity index (χ2v) is 7.99. The normalized spacial score (nSPS) is 16.3. The fourth-order valence-electron chi connectivity index (χ4n) is 3.71. The van der Waals surface area contributed by atoms with Gasteiger partial charge in [-0.1, -0.05) is 34.1 Å². The van der Waals surface area contributed by atoms with Gasteiger partial charge in [0, 0.05) is 22.0 Å². The van der Waals surface area contributed by atoms with Crippen molar-refractivity contribution in [2.45, 2.75) is 32.4 Å². The largest absolute Gasteiger partial charge is 0.487 e. The number of benzene rings is 2. The molecule has 3 aromatic rings. The van der Waals surface area contributed by atoms with E-state index in [-0.39, 0.29) is 12.4 Å². The van der Waals surface area contributed by atoms with E-state index in [1.54, 1.807) is 6.92 Å². The fraction of sp³-hybridized carbons (Fsp3) is 0.364. The predicted molar refractivity (Wildman–Crippen MR) is 115 cm³/mol. The topological polar surface area (TPSA) is 65.4 Å². The Balaban J connectivity index is 1.59. The van der Waals surface area contributed by atoms with Gasteiger partial charge >= 0.3 is 5.97 Å². The minimum Gasteiger partial charge on any atom is -0.487 e. The zero-order chi connectivity index (χ0) is 20.2. The van der Waals surface area contributed by atoms with Crippen LogP contribution in [-0.4, -0.2) is 35.4 Å². The summed E-state index contributed by atoms with van der Waals surface area (Å²) in [5, 5.41) is 9.37. The van der Waals surface area contributed by atoms with Crippen molar-refractivity contribution >= 4 is 32.8 Å². The first-order chi connectivity index (χ1) is 14.2. The number of para-hydroxylation sites is 1. The lowest BCUT2D eigenvalue weighted by molar-refractivity contribution is -0.142. The van der Waals surface area contributed by atoms with Crippen molar-refractivity contribution in [2.75, 3.05) is 19.7 Å². The van der Waals surface area contributed by atoms with Crippen LogP contribution in [0.2, 0.25) is 0 Å². The third-order valence-corrected chi connectivity index (χ3v) is 5.60. The van der Waals surface area contributed by atoms with Gasteiger partial charge in [0.25, 0.3) is 0 Å². The number of nitrogens with zero attached hydrogens (tertiary/aromatic N) is 2. The zero-order valence-electron chi connectivity index (χ0n) is 16.4. The van der Waals surface area contributed by atoms with Crippen LogP contribution in [-0.2, 0) is 22.6 Å². The number of nitrogens with one attached hydrogen (secondary N) is 1. The summed E-state index contributed by atoms with van der Waals surface area (Å²) in [6.45, 7) is 4.45. The van der Waals surface area contributed by atoms with E-state index >= 15 is 0 Å². The predicted octanol–water partition coefficient (Wildman–Crippen LogP) is 4.02. The van der Waals surface area contributed by atoms with Gasteiger partial charge in [-0.3, -0.25) is 9.48 Å². The van der Waals surface area contributed by atoms with Crippen molar-refractivity contribution in [1.29, 1.82) is 0 Å². The Morgan fingerprint density at radius 1 is 1.31 bits per heavy atom. The molecule has 0 amide bonds. The van der Waals surface area contributed by atoms with Crippen molar-refractivity contribution in [2.24, 2.45) is 0 Å². The third kappa shape index (κ3) is 4.46. The number of esters is 1. The second kappa shape index (κ2) is 8.97. The quantitative estimate of drug-likeness (QED) is 0.542. The second-order valence-electron chi connectivity index (χ2n) is 7.08. The smallest absolute Gasteiger partial charge is 0.310 e. The van der Waals surface area contributed by atoms with E-state index < -0.39 is 0 Å². The molecule has 0 unspecified atom stereocenters. The number of carbonyl (C=O) groups excluding carboxylic acids is 1. The zero-order valence-corrected chi connectivity index (χ0v) is 17.9. The van der Waals surface area contributed by atoms with Gasteiger partial charge in [0.2, 0.25) is 0 Å². The van der Waals surface area contributed by atoms with E-state index in [4.69, 9.17) is 14.6 Å². The minimum atomic E-state index is -0.254. The number of hydrogen-bond acceptors (Lipinski definition) is 5. The molecule has 0 saturated carbocycles. The first-order valence-corrected chi connectivity index (χ1v) is 10.7. The average molecular weight is 458 g/mol. The molecule has 7 heteroatoms. The third-order valence-electron chi connectivity index (χ3n) is 5.10. The maximum Gasteiger partial charge on any atom is 0.310 e. The summed E-state index contributed by atoms with van der Waals surface area (Å²) in [5.74, 6) is 0.428. The van der Waals surface area contributed by atoms with Crippen molar-refractivity contribution in [3.05, 3.63) is 58.2 Å². The standard InChI is InChI=1S/C22H24BrN3O3/c1-2-28-22(27)11-15-5-3-4-6-21(15)29-14-19-18-12-16(23)7-8-20(18)26(25-19)17-9-10-24-13-17/h3-8,12,17,24H,2,9-11,13-14H2,1H3/t17-/m0/s1. The van der Waals surface area contributed by atoms with E-state index in [0.717, 1.165) is 46.1 Å². The van der Waals surface area contributed by atoms with Gasteiger partial charge in [-0.25, -0.2) is 0 Å². The summed E-state index contributed by atoms with van der Waals surface area (Å²) in [4.78, 5) is 11.9. The van der Waals surface area contributed by atoms with E-state index in [1.807, 2.05) is 30.3 Å². The van der Waals surface area contributed by atoms with Gasteiger partial charge < -0.3 is 14.8 Å². The molecule has 1 N–H and O–H groups in total. The average Bonchev–Trinajstić information content (AvgIpc) is 3.35. The summed E-state index contributed by atoms with van der Waals surface area (Å²) < 4.78 is 14.3. The molecule has 2 heterocycles. The molecule has 1 aliphatic heterocycles. The van der Waals surface area contributed by atoms with Crippen LogP contribution in [0.25, 0.3) is 10.9 Å².